The zero-order valence-corrected chi connectivity index (χ0v) is 20.4. The Kier molecular flexibility index (Phi) is 4.74. The van der Waals surface area contributed by atoms with Gasteiger partial charge in [-0.1, -0.05) is 6.07 Å². The zero-order chi connectivity index (χ0) is 25.3. The van der Waals surface area contributed by atoms with E-state index in [1.807, 2.05) is 17.5 Å². The van der Waals surface area contributed by atoms with Gasteiger partial charge in [0.25, 0.3) is 5.91 Å². The summed E-state index contributed by atoms with van der Waals surface area (Å²) < 4.78 is 27.6. The molecule has 0 radical (unpaired) electrons. The highest BCUT2D eigenvalue weighted by molar-refractivity contribution is 5.99. The summed E-state index contributed by atoms with van der Waals surface area (Å²) in [6.07, 6.45) is 7.37. The van der Waals surface area contributed by atoms with Crippen LogP contribution in [-0.4, -0.2) is 61.6 Å². The quantitative estimate of drug-likeness (QED) is 0.421. The number of anilines is 2. The van der Waals surface area contributed by atoms with E-state index in [9.17, 15) is 9.18 Å². The minimum atomic E-state index is -0.797. The number of halogens is 1. The van der Waals surface area contributed by atoms with E-state index in [0.29, 0.717) is 23.0 Å². The molecule has 2 saturated heterocycles. The standard InChI is InChI=1S/C26H24FN7O3/c1-15-21(12-34-20-5-3-4-18(27)23(20)37-16(2)24(34)35)33-11-19(28-10-22(33)31-15)17-8-29-25(30-9-17)32-13-26(14-32)6-7-36-26/h3-5,8-11,16H,6-7,12-14H2,1-2H3/t16-/m1/s1. The highest BCUT2D eigenvalue weighted by Gasteiger charge is 2.50. The Labute approximate surface area is 211 Å². The van der Waals surface area contributed by atoms with Crippen LogP contribution in [0.2, 0.25) is 0 Å². The van der Waals surface area contributed by atoms with Crippen LogP contribution in [0, 0.1) is 12.7 Å². The van der Waals surface area contributed by atoms with Gasteiger partial charge in [0.05, 0.1) is 55.2 Å². The number of ether oxygens (including phenoxy) is 2. The van der Waals surface area contributed by atoms with Crippen LogP contribution in [-0.2, 0) is 16.1 Å². The molecule has 0 saturated carbocycles. The monoisotopic (exact) mass is 501 g/mol. The fraction of sp³-hybridized carbons (Fsp3) is 0.346. The lowest BCUT2D eigenvalue weighted by Crippen LogP contribution is -2.68. The molecule has 0 unspecified atom stereocenters. The maximum atomic E-state index is 14.5. The van der Waals surface area contributed by atoms with Crippen molar-refractivity contribution in [1.82, 2.24) is 24.3 Å². The Morgan fingerprint density at radius 2 is 1.95 bits per heavy atom. The number of hydrogen-bond donors (Lipinski definition) is 0. The molecule has 1 atom stereocenters. The number of fused-ring (bicyclic) bond motifs is 2. The van der Waals surface area contributed by atoms with E-state index in [1.165, 1.54) is 6.07 Å². The molecule has 10 nitrogen and oxygen atoms in total. The van der Waals surface area contributed by atoms with Crippen molar-refractivity contribution in [3.8, 4) is 17.0 Å². The van der Waals surface area contributed by atoms with Gasteiger partial charge in [0.15, 0.2) is 23.3 Å². The minimum absolute atomic E-state index is 0.0102. The van der Waals surface area contributed by atoms with E-state index >= 15 is 0 Å². The lowest BCUT2D eigenvalue weighted by atomic mass is 9.86. The van der Waals surface area contributed by atoms with E-state index < -0.39 is 11.9 Å². The Bertz CT molecular complexity index is 1540. The van der Waals surface area contributed by atoms with Crippen LogP contribution < -0.4 is 14.5 Å². The number of hydrogen-bond acceptors (Lipinski definition) is 8. The predicted molar refractivity (Wildman–Crippen MR) is 132 cm³/mol. The van der Waals surface area contributed by atoms with Crippen LogP contribution in [0.3, 0.4) is 0 Å². The number of para-hydroxylation sites is 1. The number of carbonyl (C=O) groups excluding carboxylic acids is 1. The van der Waals surface area contributed by atoms with Crippen molar-refractivity contribution in [1.29, 1.82) is 0 Å². The Balaban J connectivity index is 1.20. The summed E-state index contributed by atoms with van der Waals surface area (Å²) >= 11 is 0. The topological polar surface area (TPSA) is 98.0 Å². The summed E-state index contributed by atoms with van der Waals surface area (Å²) in [6.45, 7) is 6.18. The van der Waals surface area contributed by atoms with Gasteiger partial charge in [-0.15, -0.1) is 0 Å². The fourth-order valence-corrected chi connectivity index (χ4v) is 5.21. The Hall–Kier alpha value is -4.12. The molecule has 3 aliphatic rings. The van der Waals surface area contributed by atoms with Crippen molar-refractivity contribution < 1.29 is 18.7 Å². The molecule has 11 heteroatoms. The lowest BCUT2D eigenvalue weighted by molar-refractivity contribution is -0.161. The second-order valence-corrected chi connectivity index (χ2v) is 9.83. The van der Waals surface area contributed by atoms with Gasteiger partial charge in [0.1, 0.15) is 5.60 Å². The molecule has 4 aromatic rings. The van der Waals surface area contributed by atoms with Gasteiger partial charge in [0, 0.05) is 30.6 Å². The van der Waals surface area contributed by atoms with Crippen LogP contribution in [0.4, 0.5) is 16.0 Å². The predicted octanol–water partition coefficient (Wildman–Crippen LogP) is 2.93. The molecule has 1 amide bonds. The molecule has 3 aliphatic heterocycles. The molecular weight excluding hydrogens is 477 g/mol. The van der Waals surface area contributed by atoms with Crippen LogP contribution in [0.5, 0.6) is 5.75 Å². The molecule has 2 fully saturated rings. The SMILES string of the molecule is Cc1nc2cnc(-c3cnc(N4CC5(CCO5)C4)nc3)cn2c1CN1C(=O)[C@@H](C)Oc2c(F)cccc21. The molecule has 0 N–H and O–H groups in total. The molecule has 1 spiro atoms. The number of aryl methyl sites for hydroxylation is 1. The number of benzene rings is 1. The number of aromatic nitrogens is 5. The van der Waals surface area contributed by atoms with Gasteiger partial charge in [-0.05, 0) is 26.0 Å². The maximum Gasteiger partial charge on any atom is 0.268 e. The Morgan fingerprint density at radius 3 is 2.68 bits per heavy atom. The van der Waals surface area contributed by atoms with Crippen molar-refractivity contribution in [3.63, 3.8) is 0 Å². The second-order valence-electron chi connectivity index (χ2n) is 9.83. The van der Waals surface area contributed by atoms with Crippen LogP contribution in [0.25, 0.3) is 16.9 Å². The first-order valence-corrected chi connectivity index (χ1v) is 12.2. The van der Waals surface area contributed by atoms with Gasteiger partial charge in [-0.25, -0.2) is 19.3 Å². The minimum Gasteiger partial charge on any atom is -0.476 e. The normalized spacial score (nSPS) is 20.0. The number of imidazole rings is 1. The number of nitrogens with zero attached hydrogens (tertiary/aromatic N) is 7. The van der Waals surface area contributed by atoms with E-state index in [4.69, 9.17) is 9.47 Å². The molecule has 188 valence electrons. The first kappa shape index (κ1) is 22.1. The largest absolute Gasteiger partial charge is 0.476 e. The summed E-state index contributed by atoms with van der Waals surface area (Å²) in [5.41, 5.74) is 4.04. The average molecular weight is 502 g/mol. The third-order valence-electron chi connectivity index (χ3n) is 7.40. The van der Waals surface area contributed by atoms with Crippen molar-refractivity contribution in [2.24, 2.45) is 0 Å². The van der Waals surface area contributed by atoms with E-state index in [2.05, 4.69) is 24.8 Å². The highest BCUT2D eigenvalue weighted by Crippen LogP contribution is 2.38. The number of rotatable bonds is 4. The van der Waals surface area contributed by atoms with Crippen LogP contribution in [0.15, 0.2) is 43.0 Å². The molecule has 6 heterocycles. The first-order valence-electron chi connectivity index (χ1n) is 12.2. The molecule has 37 heavy (non-hydrogen) atoms. The number of amides is 1. The van der Waals surface area contributed by atoms with E-state index in [1.54, 1.807) is 42.5 Å². The molecular formula is C26H24FN7O3. The van der Waals surface area contributed by atoms with Gasteiger partial charge in [-0.3, -0.25) is 19.1 Å². The molecule has 0 aliphatic carbocycles. The first-order chi connectivity index (χ1) is 17.9. The second kappa shape index (κ2) is 7.94. The van der Waals surface area contributed by atoms with Gasteiger partial charge in [0.2, 0.25) is 5.95 Å². The van der Waals surface area contributed by atoms with Crippen molar-refractivity contribution >= 4 is 23.2 Å². The third-order valence-corrected chi connectivity index (χ3v) is 7.40. The van der Waals surface area contributed by atoms with Gasteiger partial charge < -0.3 is 14.4 Å². The summed E-state index contributed by atoms with van der Waals surface area (Å²) in [6, 6.07) is 4.58. The zero-order valence-electron chi connectivity index (χ0n) is 20.4. The summed E-state index contributed by atoms with van der Waals surface area (Å²) in [7, 11) is 0. The Morgan fingerprint density at radius 1 is 1.16 bits per heavy atom. The highest BCUT2D eigenvalue weighted by atomic mass is 19.1. The summed E-state index contributed by atoms with van der Waals surface area (Å²) in [5.74, 6) is 0.0136. The molecule has 0 bridgehead atoms. The summed E-state index contributed by atoms with van der Waals surface area (Å²) in [4.78, 5) is 35.0. The van der Waals surface area contributed by atoms with E-state index in [0.717, 1.165) is 43.1 Å². The lowest BCUT2D eigenvalue weighted by Gasteiger charge is -2.54. The average Bonchev–Trinajstić information content (AvgIpc) is 3.15. The van der Waals surface area contributed by atoms with Crippen LogP contribution in [0.1, 0.15) is 24.7 Å². The van der Waals surface area contributed by atoms with Crippen molar-refractivity contribution in [3.05, 3.63) is 60.2 Å². The maximum absolute atomic E-state index is 14.5. The smallest absolute Gasteiger partial charge is 0.268 e. The van der Waals surface area contributed by atoms with E-state index in [-0.39, 0.29) is 23.8 Å². The van der Waals surface area contributed by atoms with Crippen molar-refractivity contribution in [2.75, 3.05) is 29.5 Å². The fourth-order valence-electron chi connectivity index (χ4n) is 5.21. The van der Waals surface area contributed by atoms with Crippen LogP contribution >= 0.6 is 0 Å². The van der Waals surface area contributed by atoms with Gasteiger partial charge >= 0.3 is 0 Å². The molecule has 3 aromatic heterocycles. The number of carbonyl (C=O) groups is 1. The summed E-state index contributed by atoms with van der Waals surface area (Å²) in [5, 5.41) is 0. The molecule has 7 rings (SSSR count). The van der Waals surface area contributed by atoms with Crippen molar-refractivity contribution in [2.45, 2.75) is 38.5 Å². The van der Waals surface area contributed by atoms with Gasteiger partial charge in [-0.2, -0.15) is 0 Å². The molecule has 1 aromatic carbocycles. The third kappa shape index (κ3) is 3.45.